The minimum atomic E-state index is -1.03. The maximum absolute atomic E-state index is 12.9. The van der Waals surface area contributed by atoms with Gasteiger partial charge in [0.1, 0.15) is 18.3 Å². The van der Waals surface area contributed by atoms with Crippen LogP contribution in [-0.4, -0.2) is 55.2 Å². The average molecular weight is 454 g/mol. The van der Waals surface area contributed by atoms with Gasteiger partial charge in [-0.3, -0.25) is 4.79 Å². The molecule has 1 heterocycles. The molecule has 33 heavy (non-hydrogen) atoms. The first-order valence-corrected chi connectivity index (χ1v) is 10.7. The number of carbonyl (C=O) groups excluding carboxylic acids is 3. The van der Waals surface area contributed by atoms with E-state index in [1.807, 2.05) is 0 Å². The molecule has 0 N–H and O–H groups in total. The van der Waals surface area contributed by atoms with Crippen molar-refractivity contribution < 1.29 is 38.1 Å². The molecule has 174 valence electrons. The Kier molecular flexibility index (Phi) is 6.49. The summed E-state index contributed by atoms with van der Waals surface area (Å²) < 4.78 is 28.6. The fourth-order valence-corrected chi connectivity index (χ4v) is 4.30. The lowest BCUT2D eigenvalue weighted by atomic mass is 9.80. The molecule has 2 aliphatic rings. The molecule has 0 amide bonds. The first-order chi connectivity index (χ1) is 15.8. The zero-order chi connectivity index (χ0) is 23.6. The van der Waals surface area contributed by atoms with E-state index < -0.39 is 54.0 Å². The van der Waals surface area contributed by atoms with Crippen LogP contribution in [0, 0.1) is 5.92 Å². The molecular formula is C25H26O8. The lowest BCUT2D eigenvalue weighted by molar-refractivity contribution is -0.163. The maximum Gasteiger partial charge on any atom is 0.338 e. The van der Waals surface area contributed by atoms with Crippen LogP contribution in [0.5, 0.6) is 0 Å². The van der Waals surface area contributed by atoms with Gasteiger partial charge in [-0.05, 0) is 38.1 Å². The van der Waals surface area contributed by atoms with E-state index >= 15 is 0 Å². The highest BCUT2D eigenvalue weighted by Gasteiger charge is 2.59. The van der Waals surface area contributed by atoms with Gasteiger partial charge in [-0.15, -0.1) is 0 Å². The van der Waals surface area contributed by atoms with Gasteiger partial charge in [0.25, 0.3) is 0 Å². The normalized spacial score (nSPS) is 27.8. The van der Waals surface area contributed by atoms with Crippen molar-refractivity contribution >= 4 is 17.9 Å². The number of rotatable bonds is 5. The zero-order valence-electron chi connectivity index (χ0n) is 18.6. The van der Waals surface area contributed by atoms with Gasteiger partial charge < -0.3 is 23.7 Å². The van der Waals surface area contributed by atoms with Crippen LogP contribution < -0.4 is 0 Å². The van der Waals surface area contributed by atoms with E-state index in [4.69, 9.17) is 23.7 Å². The lowest BCUT2D eigenvalue weighted by Crippen LogP contribution is -2.57. The summed E-state index contributed by atoms with van der Waals surface area (Å²) in [7, 11) is 1.28. The first-order valence-electron chi connectivity index (χ1n) is 10.7. The van der Waals surface area contributed by atoms with Crippen LogP contribution in [0.2, 0.25) is 0 Å². The molecule has 0 spiro atoms. The number of benzene rings is 2. The van der Waals surface area contributed by atoms with E-state index in [9.17, 15) is 14.4 Å². The van der Waals surface area contributed by atoms with Crippen LogP contribution in [0.1, 0.15) is 41.0 Å². The summed E-state index contributed by atoms with van der Waals surface area (Å²) >= 11 is 0. The van der Waals surface area contributed by atoms with Gasteiger partial charge in [0.05, 0.1) is 24.2 Å². The zero-order valence-corrected chi connectivity index (χ0v) is 18.6. The Hall–Kier alpha value is -3.23. The maximum atomic E-state index is 12.9. The van der Waals surface area contributed by atoms with Crippen molar-refractivity contribution in [1.82, 2.24) is 0 Å². The third-order valence-corrected chi connectivity index (χ3v) is 5.76. The summed E-state index contributed by atoms with van der Waals surface area (Å²) in [5, 5.41) is 0. The predicted molar refractivity (Wildman–Crippen MR) is 115 cm³/mol. The molecule has 0 bridgehead atoms. The van der Waals surface area contributed by atoms with Gasteiger partial charge in [-0.2, -0.15) is 0 Å². The molecule has 1 saturated heterocycles. The van der Waals surface area contributed by atoms with Crippen molar-refractivity contribution in [2.45, 2.75) is 50.5 Å². The Morgan fingerprint density at radius 2 is 1.33 bits per heavy atom. The Morgan fingerprint density at radius 3 is 1.88 bits per heavy atom. The van der Waals surface area contributed by atoms with Gasteiger partial charge >= 0.3 is 17.9 Å². The third-order valence-electron chi connectivity index (χ3n) is 5.76. The van der Waals surface area contributed by atoms with Gasteiger partial charge in [-0.25, -0.2) is 9.59 Å². The molecule has 0 aromatic heterocycles. The highest BCUT2D eigenvalue weighted by Crippen LogP contribution is 2.43. The number of carbonyl (C=O) groups is 3. The minimum Gasteiger partial charge on any atom is -0.469 e. The van der Waals surface area contributed by atoms with Crippen molar-refractivity contribution in [3.05, 3.63) is 71.8 Å². The molecule has 5 atom stereocenters. The monoisotopic (exact) mass is 454 g/mol. The van der Waals surface area contributed by atoms with Crippen molar-refractivity contribution in [1.29, 1.82) is 0 Å². The molecule has 1 aliphatic carbocycles. The summed E-state index contributed by atoms with van der Waals surface area (Å²) in [4.78, 5) is 38.3. The molecule has 0 radical (unpaired) electrons. The molecule has 1 aliphatic heterocycles. The molecule has 2 aromatic rings. The largest absolute Gasteiger partial charge is 0.469 e. The molecule has 8 nitrogen and oxygen atoms in total. The number of hydrogen-bond acceptors (Lipinski definition) is 8. The summed E-state index contributed by atoms with van der Waals surface area (Å²) in [6.07, 6.45) is -3.45. The van der Waals surface area contributed by atoms with Crippen molar-refractivity contribution in [3.8, 4) is 0 Å². The molecule has 4 rings (SSSR count). The Bertz CT molecular complexity index is 1000. The quantitative estimate of drug-likeness (QED) is 0.502. The number of esters is 3. The van der Waals surface area contributed by atoms with Gasteiger partial charge in [0, 0.05) is 6.42 Å². The average Bonchev–Trinajstić information content (AvgIpc) is 3.15. The van der Waals surface area contributed by atoms with E-state index in [-0.39, 0.29) is 6.42 Å². The van der Waals surface area contributed by atoms with Crippen molar-refractivity contribution in [2.24, 2.45) is 5.92 Å². The van der Waals surface area contributed by atoms with Crippen molar-refractivity contribution in [2.75, 3.05) is 7.11 Å². The Labute approximate surface area is 191 Å². The first kappa shape index (κ1) is 22.9. The lowest BCUT2D eigenvalue weighted by Gasteiger charge is -2.39. The number of hydrogen-bond donors (Lipinski definition) is 0. The fourth-order valence-electron chi connectivity index (χ4n) is 4.30. The smallest absolute Gasteiger partial charge is 0.338 e. The second-order valence-corrected chi connectivity index (χ2v) is 8.48. The predicted octanol–water partition coefficient (Wildman–Crippen LogP) is 3.15. The highest BCUT2D eigenvalue weighted by molar-refractivity contribution is 5.90. The van der Waals surface area contributed by atoms with E-state index in [0.29, 0.717) is 11.1 Å². The number of ether oxygens (including phenoxy) is 5. The van der Waals surface area contributed by atoms with E-state index in [1.54, 1.807) is 74.5 Å². The molecule has 1 saturated carbocycles. The number of methoxy groups -OCH3 is 1. The SMILES string of the molecule is COC(=O)[C@H]1C[C@@H](OC(=O)c2ccccc2)[C@@H](OC(=O)c2ccccc2)[C@@H]2OC(C)(C)O[C@@H]21. The molecule has 0 unspecified atom stereocenters. The number of fused-ring (bicyclic) bond motifs is 1. The van der Waals surface area contributed by atoms with Crippen LogP contribution in [0.25, 0.3) is 0 Å². The van der Waals surface area contributed by atoms with E-state index in [0.717, 1.165) is 0 Å². The minimum absolute atomic E-state index is 0.0542. The molecule has 2 aromatic carbocycles. The second kappa shape index (κ2) is 9.33. The van der Waals surface area contributed by atoms with Gasteiger partial charge in [0.15, 0.2) is 11.9 Å². The van der Waals surface area contributed by atoms with Crippen LogP contribution in [0.4, 0.5) is 0 Å². The third kappa shape index (κ3) is 4.91. The van der Waals surface area contributed by atoms with Crippen LogP contribution in [0.15, 0.2) is 60.7 Å². The van der Waals surface area contributed by atoms with E-state index in [2.05, 4.69) is 0 Å². The van der Waals surface area contributed by atoms with E-state index in [1.165, 1.54) is 7.11 Å². The highest BCUT2D eigenvalue weighted by atomic mass is 16.8. The summed E-state index contributed by atoms with van der Waals surface area (Å²) in [5.74, 6) is -3.49. The summed E-state index contributed by atoms with van der Waals surface area (Å²) in [6.45, 7) is 3.42. The van der Waals surface area contributed by atoms with Crippen LogP contribution in [0.3, 0.4) is 0 Å². The van der Waals surface area contributed by atoms with Gasteiger partial charge in [0.2, 0.25) is 0 Å². The van der Waals surface area contributed by atoms with Crippen LogP contribution >= 0.6 is 0 Å². The van der Waals surface area contributed by atoms with Gasteiger partial charge in [-0.1, -0.05) is 36.4 Å². The topological polar surface area (TPSA) is 97.4 Å². The summed E-state index contributed by atoms with van der Waals surface area (Å²) in [6, 6.07) is 16.9. The van der Waals surface area contributed by atoms with Crippen LogP contribution in [-0.2, 0) is 28.5 Å². The van der Waals surface area contributed by atoms with Crippen molar-refractivity contribution in [3.63, 3.8) is 0 Å². The Balaban J connectivity index is 1.65. The summed E-state index contributed by atoms with van der Waals surface area (Å²) in [5.41, 5.74) is 0.682. The molecule has 8 heteroatoms. The standard InChI is InChI=1S/C25H26O8/c1-25(2)32-19-17(24(28)29-3)14-18(30-22(26)15-10-6-4-7-11-15)20(21(19)33-25)31-23(27)16-12-8-5-9-13-16/h4-13,17-21H,14H2,1-3H3/t17-,18+,19+,20+,21+/m0/s1. The second-order valence-electron chi connectivity index (χ2n) is 8.48. The fraction of sp³-hybridized carbons (Fsp3) is 0.400. The molecular weight excluding hydrogens is 428 g/mol. The Morgan fingerprint density at radius 1 is 0.818 bits per heavy atom. The molecule has 2 fully saturated rings.